The summed E-state index contributed by atoms with van der Waals surface area (Å²) in [7, 11) is 0. The first-order valence-electron chi connectivity index (χ1n) is 7.81. The van der Waals surface area contributed by atoms with E-state index in [4.69, 9.17) is 4.98 Å². The van der Waals surface area contributed by atoms with Crippen molar-refractivity contribution < 1.29 is 4.79 Å². The van der Waals surface area contributed by atoms with Gasteiger partial charge in [-0.15, -0.1) is 0 Å². The fourth-order valence-corrected chi connectivity index (χ4v) is 2.99. The highest BCUT2D eigenvalue weighted by Crippen LogP contribution is 2.21. The van der Waals surface area contributed by atoms with Crippen LogP contribution in [-0.4, -0.2) is 60.5 Å². The van der Waals surface area contributed by atoms with Crippen LogP contribution in [0.15, 0.2) is 6.07 Å². The van der Waals surface area contributed by atoms with Crippen LogP contribution in [0.25, 0.3) is 0 Å². The molecule has 0 unspecified atom stereocenters. The molecule has 0 N–H and O–H groups in total. The minimum Gasteiger partial charge on any atom is -0.356 e. The van der Waals surface area contributed by atoms with Gasteiger partial charge in [-0.2, -0.15) is 4.98 Å². The monoisotopic (exact) mass is 289 g/mol. The minimum absolute atomic E-state index is 0.750. The molecule has 0 radical (unpaired) electrons. The molecular formula is C15H23N5O. The van der Waals surface area contributed by atoms with Gasteiger partial charge in [0, 0.05) is 51.0 Å². The highest BCUT2D eigenvalue weighted by Gasteiger charge is 2.20. The summed E-state index contributed by atoms with van der Waals surface area (Å²) in [4.78, 5) is 26.5. The van der Waals surface area contributed by atoms with E-state index < -0.39 is 0 Å². The summed E-state index contributed by atoms with van der Waals surface area (Å²) in [5.41, 5.74) is 1.01. The molecular weight excluding hydrogens is 266 g/mol. The van der Waals surface area contributed by atoms with Gasteiger partial charge in [-0.3, -0.25) is 4.79 Å². The number of hydrogen-bond acceptors (Lipinski definition) is 5. The normalized spacial score (nSPS) is 19.8. The number of carbonyl (C=O) groups excluding carboxylic acids is 1. The van der Waals surface area contributed by atoms with Gasteiger partial charge in [0.15, 0.2) is 0 Å². The third-order valence-corrected chi connectivity index (χ3v) is 4.26. The summed E-state index contributed by atoms with van der Waals surface area (Å²) >= 11 is 0. The zero-order valence-corrected chi connectivity index (χ0v) is 12.7. The molecule has 2 aliphatic heterocycles. The van der Waals surface area contributed by atoms with Crippen molar-refractivity contribution in [1.29, 1.82) is 0 Å². The molecule has 6 heteroatoms. The summed E-state index contributed by atoms with van der Waals surface area (Å²) in [6.45, 7) is 7.33. The Bertz CT molecular complexity index is 493. The molecule has 2 saturated heterocycles. The second kappa shape index (κ2) is 6.28. The van der Waals surface area contributed by atoms with Crippen LogP contribution >= 0.6 is 0 Å². The van der Waals surface area contributed by atoms with Gasteiger partial charge in [0.1, 0.15) is 5.82 Å². The Balaban J connectivity index is 1.76. The lowest BCUT2D eigenvalue weighted by Gasteiger charge is -2.34. The molecule has 1 aromatic rings. The zero-order valence-electron chi connectivity index (χ0n) is 12.7. The molecule has 0 saturated carbocycles. The molecule has 0 aliphatic carbocycles. The summed E-state index contributed by atoms with van der Waals surface area (Å²) in [5, 5.41) is 0. The Morgan fingerprint density at radius 1 is 0.952 bits per heavy atom. The first kappa shape index (κ1) is 14.1. The summed E-state index contributed by atoms with van der Waals surface area (Å²) in [6.07, 6.45) is 4.74. The second-order valence-corrected chi connectivity index (χ2v) is 5.84. The Morgan fingerprint density at radius 2 is 1.67 bits per heavy atom. The lowest BCUT2D eigenvalue weighted by atomic mass is 10.1. The number of carbonyl (C=O) groups is 1. The zero-order chi connectivity index (χ0) is 14.7. The molecule has 0 aromatic carbocycles. The number of nitrogens with zero attached hydrogens (tertiary/aromatic N) is 5. The molecule has 114 valence electrons. The van der Waals surface area contributed by atoms with Crippen molar-refractivity contribution in [1.82, 2.24) is 14.9 Å². The molecule has 6 nitrogen and oxygen atoms in total. The predicted molar refractivity (Wildman–Crippen MR) is 82.7 cm³/mol. The maximum Gasteiger partial charge on any atom is 0.227 e. The lowest BCUT2D eigenvalue weighted by molar-refractivity contribution is -0.118. The molecule has 3 rings (SSSR count). The standard InChI is InChI=1S/C15H23N5O/c1-13-11-14(19-5-3-2-4-6-19)17-15(16-13)20-9-7-18(12-21)8-10-20/h11-12H,2-10H2,1H3. The van der Waals surface area contributed by atoms with Crippen LogP contribution in [0.4, 0.5) is 11.8 Å². The van der Waals surface area contributed by atoms with E-state index in [-0.39, 0.29) is 0 Å². The third kappa shape index (κ3) is 3.25. The number of amides is 1. The molecule has 3 heterocycles. The van der Waals surface area contributed by atoms with E-state index in [2.05, 4.69) is 20.9 Å². The third-order valence-electron chi connectivity index (χ3n) is 4.26. The van der Waals surface area contributed by atoms with Gasteiger partial charge in [0.25, 0.3) is 0 Å². The molecule has 2 fully saturated rings. The number of piperidine rings is 1. The number of hydrogen-bond donors (Lipinski definition) is 0. The maximum absolute atomic E-state index is 10.8. The molecule has 1 aromatic heterocycles. The van der Waals surface area contributed by atoms with E-state index in [0.717, 1.165) is 63.1 Å². The Morgan fingerprint density at radius 3 is 2.33 bits per heavy atom. The SMILES string of the molecule is Cc1cc(N2CCCCC2)nc(N2CCN(C=O)CC2)n1. The predicted octanol–water partition coefficient (Wildman–Crippen LogP) is 1.05. The van der Waals surface area contributed by atoms with Gasteiger partial charge in [0.05, 0.1) is 0 Å². The first-order chi connectivity index (χ1) is 10.3. The summed E-state index contributed by atoms with van der Waals surface area (Å²) in [6, 6.07) is 2.08. The van der Waals surface area contributed by atoms with Crippen LogP contribution in [0.2, 0.25) is 0 Å². The topological polar surface area (TPSA) is 52.6 Å². The molecule has 21 heavy (non-hydrogen) atoms. The average Bonchev–Trinajstić information content (AvgIpc) is 2.55. The van der Waals surface area contributed by atoms with Crippen molar-refractivity contribution in [2.75, 3.05) is 49.1 Å². The fraction of sp³-hybridized carbons (Fsp3) is 0.667. The van der Waals surface area contributed by atoms with Crippen molar-refractivity contribution >= 4 is 18.2 Å². The van der Waals surface area contributed by atoms with E-state index in [0.29, 0.717) is 0 Å². The maximum atomic E-state index is 10.8. The van der Waals surface area contributed by atoms with Gasteiger partial charge < -0.3 is 14.7 Å². The van der Waals surface area contributed by atoms with Crippen molar-refractivity contribution in [2.45, 2.75) is 26.2 Å². The van der Waals surface area contributed by atoms with Crippen molar-refractivity contribution in [3.63, 3.8) is 0 Å². The van der Waals surface area contributed by atoms with Gasteiger partial charge in [-0.25, -0.2) is 4.98 Å². The highest BCUT2D eigenvalue weighted by atomic mass is 16.1. The molecule has 1 amide bonds. The quantitative estimate of drug-likeness (QED) is 0.779. The molecule has 0 spiro atoms. The van der Waals surface area contributed by atoms with E-state index in [9.17, 15) is 4.79 Å². The van der Waals surface area contributed by atoms with Crippen LogP contribution in [0.5, 0.6) is 0 Å². The smallest absolute Gasteiger partial charge is 0.227 e. The van der Waals surface area contributed by atoms with Crippen LogP contribution in [0.1, 0.15) is 25.0 Å². The van der Waals surface area contributed by atoms with Crippen LogP contribution in [0.3, 0.4) is 0 Å². The first-order valence-corrected chi connectivity index (χ1v) is 7.81. The van der Waals surface area contributed by atoms with E-state index in [1.165, 1.54) is 19.3 Å². The fourth-order valence-electron chi connectivity index (χ4n) is 2.99. The van der Waals surface area contributed by atoms with Crippen molar-refractivity contribution in [3.8, 4) is 0 Å². The Hall–Kier alpha value is -1.85. The largest absolute Gasteiger partial charge is 0.356 e. The van der Waals surface area contributed by atoms with Gasteiger partial charge in [-0.1, -0.05) is 0 Å². The molecule has 0 atom stereocenters. The molecule has 0 bridgehead atoms. The highest BCUT2D eigenvalue weighted by molar-refractivity contribution is 5.50. The van der Waals surface area contributed by atoms with Crippen molar-refractivity contribution in [3.05, 3.63) is 11.8 Å². The minimum atomic E-state index is 0.750. The number of piperazine rings is 1. The second-order valence-electron chi connectivity index (χ2n) is 5.84. The van der Waals surface area contributed by atoms with Crippen LogP contribution in [0, 0.1) is 6.92 Å². The Kier molecular flexibility index (Phi) is 4.22. The number of aryl methyl sites for hydroxylation is 1. The van der Waals surface area contributed by atoms with Gasteiger partial charge in [0.2, 0.25) is 12.4 Å². The van der Waals surface area contributed by atoms with Crippen LogP contribution < -0.4 is 9.80 Å². The summed E-state index contributed by atoms with van der Waals surface area (Å²) < 4.78 is 0. The lowest BCUT2D eigenvalue weighted by Crippen LogP contribution is -2.46. The number of rotatable bonds is 3. The Labute approximate surface area is 125 Å². The van der Waals surface area contributed by atoms with Crippen LogP contribution in [-0.2, 0) is 4.79 Å². The van der Waals surface area contributed by atoms with E-state index in [1.807, 2.05) is 6.92 Å². The van der Waals surface area contributed by atoms with E-state index >= 15 is 0 Å². The molecule has 2 aliphatic rings. The van der Waals surface area contributed by atoms with Gasteiger partial charge in [-0.05, 0) is 26.2 Å². The van der Waals surface area contributed by atoms with Gasteiger partial charge >= 0.3 is 0 Å². The number of anilines is 2. The van der Waals surface area contributed by atoms with Crippen molar-refractivity contribution in [2.24, 2.45) is 0 Å². The number of aromatic nitrogens is 2. The summed E-state index contributed by atoms with van der Waals surface area (Å²) in [5.74, 6) is 1.86. The van der Waals surface area contributed by atoms with E-state index in [1.54, 1.807) is 4.90 Å². The average molecular weight is 289 g/mol.